The number of nitrogens with one attached hydrogen (secondary N) is 4. The summed E-state index contributed by atoms with van der Waals surface area (Å²) in [5.74, 6) is 0. The molecule has 4 heterocycles. The van der Waals surface area contributed by atoms with Crippen LogP contribution < -0.4 is 21.3 Å². The molecule has 1 aromatic carbocycles. The molecule has 0 fully saturated rings. The summed E-state index contributed by atoms with van der Waals surface area (Å²) in [5.41, 5.74) is 7.22. The second-order valence-electron chi connectivity index (χ2n) is 10.3. The third kappa shape index (κ3) is 10.0. The van der Waals surface area contributed by atoms with Gasteiger partial charge in [-0.25, -0.2) is 0 Å². The van der Waals surface area contributed by atoms with Crippen LogP contribution in [-0.2, 0) is 39.3 Å². The summed E-state index contributed by atoms with van der Waals surface area (Å²) in [6.45, 7) is 13.1. The molecule has 0 aliphatic carbocycles. The largest absolute Gasteiger partial charge is 0.310 e. The molecule has 0 saturated carbocycles. The van der Waals surface area contributed by atoms with Gasteiger partial charge in [-0.3, -0.25) is 19.8 Å². The first kappa shape index (κ1) is 29.7. The van der Waals surface area contributed by atoms with Gasteiger partial charge in [-0.1, -0.05) is 36.4 Å². The van der Waals surface area contributed by atoms with Crippen molar-refractivity contribution in [2.45, 2.75) is 39.3 Å². The van der Waals surface area contributed by atoms with Gasteiger partial charge in [-0.15, -0.1) is 17.0 Å². The summed E-state index contributed by atoms with van der Waals surface area (Å²) in [6, 6.07) is 21.8. The molecule has 0 atom stereocenters. The van der Waals surface area contributed by atoms with Gasteiger partial charge in [0.25, 0.3) is 0 Å². The van der Waals surface area contributed by atoms with Crippen LogP contribution in [0, 0.1) is 0 Å². The highest BCUT2D eigenvalue weighted by molar-refractivity contribution is 8.93. The van der Waals surface area contributed by atoms with Crippen molar-refractivity contribution in [2.24, 2.45) is 0 Å². The minimum Gasteiger partial charge on any atom is -0.310 e. The van der Waals surface area contributed by atoms with Crippen LogP contribution >= 0.6 is 17.0 Å². The lowest BCUT2D eigenvalue weighted by atomic mass is 10.1. The van der Waals surface area contributed by atoms with E-state index in [1.54, 1.807) is 0 Å². The van der Waals surface area contributed by atoms with Gasteiger partial charge in [0.2, 0.25) is 0 Å². The van der Waals surface area contributed by atoms with Crippen molar-refractivity contribution in [2.75, 3.05) is 52.4 Å². The predicted octanol–water partition coefficient (Wildman–Crippen LogP) is 2.44. The molecule has 0 saturated heterocycles. The molecular formula is C30H43BrN8. The van der Waals surface area contributed by atoms with E-state index >= 15 is 0 Å². The molecule has 0 spiro atoms. The van der Waals surface area contributed by atoms with Crippen molar-refractivity contribution in [1.82, 2.24) is 41.0 Å². The van der Waals surface area contributed by atoms with E-state index in [4.69, 9.17) is 9.97 Å². The van der Waals surface area contributed by atoms with E-state index in [2.05, 4.69) is 91.7 Å². The average molecular weight is 596 g/mol. The molecule has 9 heteroatoms. The van der Waals surface area contributed by atoms with Gasteiger partial charge in [-0.2, -0.15) is 0 Å². The van der Waals surface area contributed by atoms with Crippen LogP contribution in [0.15, 0.2) is 60.7 Å². The number of aromatic nitrogens is 2. The summed E-state index contributed by atoms with van der Waals surface area (Å²) in [4.78, 5) is 14.6. The van der Waals surface area contributed by atoms with E-state index < -0.39 is 0 Å². The minimum atomic E-state index is 0. The van der Waals surface area contributed by atoms with Crippen LogP contribution in [0.4, 0.5) is 0 Å². The van der Waals surface area contributed by atoms with Crippen molar-refractivity contribution in [3.8, 4) is 0 Å². The van der Waals surface area contributed by atoms with E-state index in [9.17, 15) is 0 Å². The Balaban J connectivity index is 0.00000353. The smallest absolute Gasteiger partial charge is 0.0545 e. The Morgan fingerprint density at radius 2 is 0.846 bits per heavy atom. The number of hydrogen-bond donors (Lipinski definition) is 4. The van der Waals surface area contributed by atoms with Crippen molar-refractivity contribution < 1.29 is 0 Å². The molecule has 4 N–H and O–H groups in total. The highest BCUT2D eigenvalue weighted by atomic mass is 79.9. The summed E-state index contributed by atoms with van der Waals surface area (Å²) in [6.07, 6.45) is 0. The van der Waals surface area contributed by atoms with Crippen molar-refractivity contribution in [1.29, 1.82) is 0 Å². The third-order valence-electron chi connectivity index (χ3n) is 7.18. The number of pyridine rings is 2. The van der Waals surface area contributed by atoms with Gasteiger partial charge in [0.05, 0.1) is 22.8 Å². The fourth-order valence-electron chi connectivity index (χ4n) is 5.15. The van der Waals surface area contributed by atoms with Gasteiger partial charge >= 0.3 is 0 Å². The van der Waals surface area contributed by atoms with Crippen LogP contribution in [-0.4, -0.2) is 72.1 Å². The molecule has 4 bridgehead atoms. The lowest BCUT2D eigenvalue weighted by molar-refractivity contribution is 0.259. The molecule has 8 nitrogen and oxygen atoms in total. The van der Waals surface area contributed by atoms with Crippen LogP contribution in [0.1, 0.15) is 33.9 Å². The number of fused-ring (bicyclic) bond motifs is 4. The summed E-state index contributed by atoms with van der Waals surface area (Å²) < 4.78 is 0. The Bertz CT molecular complexity index is 1000. The summed E-state index contributed by atoms with van der Waals surface area (Å²) >= 11 is 0. The van der Waals surface area contributed by atoms with Gasteiger partial charge in [0.1, 0.15) is 0 Å². The number of benzene rings is 1. The molecule has 210 valence electrons. The Labute approximate surface area is 243 Å². The van der Waals surface area contributed by atoms with Crippen molar-refractivity contribution in [3.05, 3.63) is 94.6 Å². The monoisotopic (exact) mass is 594 g/mol. The predicted molar refractivity (Wildman–Crippen MR) is 163 cm³/mol. The number of hydrogen-bond acceptors (Lipinski definition) is 8. The maximum absolute atomic E-state index is 4.73. The Hall–Kier alpha value is -2.24. The highest BCUT2D eigenvalue weighted by Crippen LogP contribution is 2.12. The lowest BCUT2D eigenvalue weighted by Gasteiger charge is -2.25. The molecule has 2 aliphatic heterocycles. The van der Waals surface area contributed by atoms with Crippen LogP contribution in [0.25, 0.3) is 0 Å². The SMILES string of the molecule is Br.c1cc(CN2CCNCc3cccc(n3)CNCC2)cc(CN2CCNCc3cccc(n3)CNCC2)c1. The van der Waals surface area contributed by atoms with E-state index in [1.165, 1.54) is 11.1 Å². The standard InChI is InChI=1S/C30H42N8.BrH/c1-4-25(23-37-14-10-31-19-27-6-2-7-28(35-27)20-32-11-15-37)18-26(5-1)24-38-16-12-33-21-29-8-3-9-30(36-29)22-34-13-17-38;/h1-9,18,31-34H,10-17,19-24H2;1H. The Kier molecular flexibility index (Phi) is 12.3. The second kappa shape index (κ2) is 16.1. The van der Waals surface area contributed by atoms with Crippen LogP contribution in [0.3, 0.4) is 0 Å². The first-order valence-electron chi connectivity index (χ1n) is 14.1. The normalized spacial score (nSPS) is 18.5. The molecular weight excluding hydrogens is 552 g/mol. The van der Waals surface area contributed by atoms with E-state index in [1.807, 2.05) is 0 Å². The molecule has 5 rings (SSSR count). The Morgan fingerprint density at radius 1 is 0.513 bits per heavy atom. The summed E-state index contributed by atoms with van der Waals surface area (Å²) in [7, 11) is 0. The fraction of sp³-hybridized carbons (Fsp3) is 0.467. The van der Waals surface area contributed by atoms with Crippen molar-refractivity contribution >= 4 is 17.0 Å². The zero-order chi connectivity index (χ0) is 25.8. The first-order valence-corrected chi connectivity index (χ1v) is 14.1. The molecule has 39 heavy (non-hydrogen) atoms. The highest BCUT2D eigenvalue weighted by Gasteiger charge is 2.11. The number of halogens is 1. The molecule has 0 amide bonds. The minimum absolute atomic E-state index is 0. The second-order valence-corrected chi connectivity index (χ2v) is 10.3. The molecule has 0 unspecified atom stereocenters. The maximum Gasteiger partial charge on any atom is 0.0545 e. The first-order chi connectivity index (χ1) is 18.8. The quantitative estimate of drug-likeness (QED) is 0.367. The van der Waals surface area contributed by atoms with Gasteiger partial charge < -0.3 is 21.3 Å². The average Bonchev–Trinajstić information content (AvgIpc) is 2.93. The lowest BCUT2D eigenvalue weighted by Crippen LogP contribution is -2.37. The molecule has 2 aliphatic rings. The fourth-order valence-corrected chi connectivity index (χ4v) is 5.15. The van der Waals surface area contributed by atoms with E-state index in [0.717, 1.165) is 114 Å². The number of nitrogens with zero attached hydrogens (tertiary/aromatic N) is 4. The van der Waals surface area contributed by atoms with Crippen molar-refractivity contribution in [3.63, 3.8) is 0 Å². The van der Waals surface area contributed by atoms with Crippen LogP contribution in [0.5, 0.6) is 0 Å². The van der Waals surface area contributed by atoms with Crippen LogP contribution in [0.2, 0.25) is 0 Å². The maximum atomic E-state index is 4.73. The Morgan fingerprint density at radius 3 is 1.21 bits per heavy atom. The third-order valence-corrected chi connectivity index (χ3v) is 7.18. The van der Waals surface area contributed by atoms with E-state index in [0.29, 0.717) is 0 Å². The summed E-state index contributed by atoms with van der Waals surface area (Å²) in [5, 5.41) is 14.3. The van der Waals surface area contributed by atoms with Gasteiger partial charge in [0, 0.05) is 91.6 Å². The zero-order valence-corrected chi connectivity index (χ0v) is 24.6. The number of rotatable bonds is 4. The topological polar surface area (TPSA) is 80.4 Å². The zero-order valence-electron chi connectivity index (χ0n) is 22.9. The molecule has 0 radical (unpaired) electrons. The van der Waals surface area contributed by atoms with Gasteiger partial charge in [-0.05, 0) is 35.4 Å². The van der Waals surface area contributed by atoms with Gasteiger partial charge in [0.15, 0.2) is 0 Å². The van der Waals surface area contributed by atoms with E-state index in [-0.39, 0.29) is 17.0 Å². The molecule has 3 aromatic rings. The molecule has 2 aromatic heterocycles.